The number of aromatic amines is 1. The summed E-state index contributed by atoms with van der Waals surface area (Å²) in [5.41, 5.74) is 1.13. The SMILES string of the molecule is Br.Cc1ncc(CBr)[nH]1. The molecule has 0 amide bonds. The Hall–Kier alpha value is 0.170. The summed E-state index contributed by atoms with van der Waals surface area (Å²) >= 11 is 3.30. The molecule has 0 atom stereocenters. The van der Waals surface area contributed by atoms with Crippen molar-refractivity contribution in [3.8, 4) is 0 Å². The van der Waals surface area contributed by atoms with E-state index in [1.807, 2.05) is 13.1 Å². The van der Waals surface area contributed by atoms with E-state index >= 15 is 0 Å². The van der Waals surface area contributed by atoms with Gasteiger partial charge in [0.2, 0.25) is 0 Å². The van der Waals surface area contributed by atoms with Gasteiger partial charge >= 0.3 is 0 Å². The molecule has 0 aromatic carbocycles. The van der Waals surface area contributed by atoms with Crippen LogP contribution >= 0.6 is 32.9 Å². The lowest BCUT2D eigenvalue weighted by Gasteiger charge is -1.80. The van der Waals surface area contributed by atoms with Crippen molar-refractivity contribution in [2.75, 3.05) is 0 Å². The topological polar surface area (TPSA) is 28.7 Å². The molecule has 1 N–H and O–H groups in total. The summed E-state index contributed by atoms with van der Waals surface area (Å²) < 4.78 is 0. The van der Waals surface area contributed by atoms with Crippen LogP contribution in [0.15, 0.2) is 6.20 Å². The van der Waals surface area contributed by atoms with Gasteiger partial charge in [-0.05, 0) is 6.92 Å². The molecule has 1 aromatic heterocycles. The van der Waals surface area contributed by atoms with Crippen molar-refractivity contribution in [3.63, 3.8) is 0 Å². The molecule has 0 spiro atoms. The Balaban J connectivity index is 0.000000640. The fourth-order valence-corrected chi connectivity index (χ4v) is 0.825. The van der Waals surface area contributed by atoms with Crippen molar-refractivity contribution >= 4 is 32.9 Å². The third-order valence-electron chi connectivity index (χ3n) is 0.899. The summed E-state index contributed by atoms with van der Waals surface area (Å²) in [7, 11) is 0. The lowest BCUT2D eigenvalue weighted by Crippen LogP contribution is -1.74. The minimum Gasteiger partial charge on any atom is -0.345 e. The molecule has 0 aliphatic carbocycles. The Morgan fingerprint density at radius 1 is 1.78 bits per heavy atom. The van der Waals surface area contributed by atoms with Crippen LogP contribution < -0.4 is 0 Å². The standard InChI is InChI=1S/C5H7BrN2.BrH/c1-4-7-3-5(2-6)8-4;/h3H,2H2,1H3,(H,7,8);1H. The number of imidazole rings is 1. The first kappa shape index (κ1) is 9.17. The molecule has 2 nitrogen and oxygen atoms in total. The second-order valence-electron chi connectivity index (χ2n) is 1.63. The summed E-state index contributed by atoms with van der Waals surface area (Å²) in [5, 5.41) is 0.855. The maximum absolute atomic E-state index is 4.00. The van der Waals surface area contributed by atoms with Gasteiger partial charge in [-0.25, -0.2) is 4.98 Å². The normalized spacial score (nSPS) is 8.67. The van der Waals surface area contributed by atoms with Crippen LogP contribution in [0.3, 0.4) is 0 Å². The highest BCUT2D eigenvalue weighted by atomic mass is 79.9. The Morgan fingerprint density at radius 3 is 2.67 bits per heavy atom. The average Bonchev–Trinajstić information content (AvgIpc) is 2.14. The number of rotatable bonds is 1. The van der Waals surface area contributed by atoms with Crippen LogP contribution in [0.2, 0.25) is 0 Å². The first-order chi connectivity index (χ1) is 3.83. The van der Waals surface area contributed by atoms with Gasteiger partial charge in [0.05, 0.1) is 0 Å². The minimum absolute atomic E-state index is 0. The Bertz CT molecular complexity index is 173. The van der Waals surface area contributed by atoms with E-state index in [9.17, 15) is 0 Å². The zero-order chi connectivity index (χ0) is 5.98. The van der Waals surface area contributed by atoms with Gasteiger partial charge in [0, 0.05) is 17.2 Å². The van der Waals surface area contributed by atoms with Crippen LogP contribution in [0.25, 0.3) is 0 Å². The Kier molecular flexibility index (Phi) is 4.14. The lowest BCUT2D eigenvalue weighted by molar-refractivity contribution is 1.12. The van der Waals surface area contributed by atoms with E-state index in [1.165, 1.54) is 0 Å². The Labute approximate surface area is 73.0 Å². The molecule has 1 rings (SSSR count). The van der Waals surface area contributed by atoms with Gasteiger partial charge in [-0.15, -0.1) is 17.0 Å². The van der Waals surface area contributed by atoms with E-state index in [0.29, 0.717) is 0 Å². The smallest absolute Gasteiger partial charge is 0.103 e. The van der Waals surface area contributed by atoms with Crippen LogP contribution in [0, 0.1) is 6.92 Å². The van der Waals surface area contributed by atoms with Gasteiger partial charge in [-0.3, -0.25) is 0 Å². The van der Waals surface area contributed by atoms with Crippen molar-refractivity contribution in [1.29, 1.82) is 0 Å². The van der Waals surface area contributed by atoms with Gasteiger partial charge in [0.1, 0.15) is 5.82 Å². The summed E-state index contributed by atoms with van der Waals surface area (Å²) in [4.78, 5) is 7.07. The van der Waals surface area contributed by atoms with E-state index in [1.54, 1.807) is 0 Å². The molecule has 9 heavy (non-hydrogen) atoms. The summed E-state index contributed by atoms with van der Waals surface area (Å²) in [6.07, 6.45) is 1.82. The van der Waals surface area contributed by atoms with Crippen LogP contribution in [-0.4, -0.2) is 9.97 Å². The van der Waals surface area contributed by atoms with Crippen molar-refractivity contribution in [2.24, 2.45) is 0 Å². The molecule has 1 aromatic rings. The summed E-state index contributed by atoms with van der Waals surface area (Å²) in [6, 6.07) is 0. The average molecular weight is 256 g/mol. The number of nitrogens with one attached hydrogen (secondary N) is 1. The van der Waals surface area contributed by atoms with Gasteiger partial charge < -0.3 is 4.98 Å². The monoisotopic (exact) mass is 254 g/mol. The van der Waals surface area contributed by atoms with Crippen molar-refractivity contribution in [2.45, 2.75) is 12.3 Å². The molecule has 1 heterocycles. The number of hydrogen-bond donors (Lipinski definition) is 1. The predicted octanol–water partition coefficient (Wildman–Crippen LogP) is 2.19. The highest BCUT2D eigenvalue weighted by Gasteiger charge is 1.90. The fourth-order valence-electron chi connectivity index (χ4n) is 0.540. The maximum atomic E-state index is 4.00. The van der Waals surface area contributed by atoms with Crippen molar-refractivity contribution in [1.82, 2.24) is 9.97 Å². The van der Waals surface area contributed by atoms with Crippen LogP contribution in [0.5, 0.6) is 0 Å². The zero-order valence-corrected chi connectivity index (χ0v) is 8.32. The largest absolute Gasteiger partial charge is 0.345 e. The number of aromatic nitrogens is 2. The number of H-pyrrole nitrogens is 1. The van der Waals surface area contributed by atoms with Crippen molar-refractivity contribution < 1.29 is 0 Å². The molecule has 0 bridgehead atoms. The first-order valence-corrected chi connectivity index (χ1v) is 3.51. The van der Waals surface area contributed by atoms with Crippen LogP contribution in [-0.2, 0) is 5.33 Å². The van der Waals surface area contributed by atoms with Gasteiger partial charge in [0.25, 0.3) is 0 Å². The van der Waals surface area contributed by atoms with E-state index in [4.69, 9.17) is 0 Å². The highest BCUT2D eigenvalue weighted by Crippen LogP contribution is 1.99. The number of halogens is 2. The highest BCUT2D eigenvalue weighted by molar-refractivity contribution is 9.08. The van der Waals surface area contributed by atoms with Crippen molar-refractivity contribution in [3.05, 3.63) is 17.7 Å². The third kappa shape index (κ3) is 2.49. The fraction of sp³-hybridized carbons (Fsp3) is 0.400. The number of alkyl halides is 1. The lowest BCUT2D eigenvalue weighted by atomic mass is 10.6. The quantitative estimate of drug-likeness (QED) is 0.766. The molecule has 0 fully saturated rings. The molecular weight excluding hydrogens is 248 g/mol. The van der Waals surface area contributed by atoms with E-state index in [-0.39, 0.29) is 17.0 Å². The molecule has 0 saturated heterocycles. The number of nitrogens with zero attached hydrogens (tertiary/aromatic N) is 1. The molecule has 0 aliphatic rings. The molecule has 0 radical (unpaired) electrons. The third-order valence-corrected chi connectivity index (χ3v) is 1.50. The molecule has 52 valence electrons. The van der Waals surface area contributed by atoms with E-state index in [0.717, 1.165) is 16.8 Å². The maximum Gasteiger partial charge on any atom is 0.103 e. The first-order valence-electron chi connectivity index (χ1n) is 2.39. The van der Waals surface area contributed by atoms with Crippen LogP contribution in [0.4, 0.5) is 0 Å². The van der Waals surface area contributed by atoms with Crippen LogP contribution in [0.1, 0.15) is 11.5 Å². The van der Waals surface area contributed by atoms with E-state index < -0.39 is 0 Å². The summed E-state index contributed by atoms with van der Waals surface area (Å²) in [6.45, 7) is 1.94. The zero-order valence-electron chi connectivity index (χ0n) is 5.02. The number of aryl methyl sites for hydroxylation is 1. The number of hydrogen-bond acceptors (Lipinski definition) is 1. The second kappa shape index (κ2) is 4.06. The molecule has 4 heteroatoms. The van der Waals surface area contributed by atoms with E-state index in [2.05, 4.69) is 25.9 Å². The van der Waals surface area contributed by atoms with Gasteiger partial charge in [-0.1, -0.05) is 15.9 Å². The van der Waals surface area contributed by atoms with Gasteiger partial charge in [-0.2, -0.15) is 0 Å². The second-order valence-corrected chi connectivity index (χ2v) is 2.19. The minimum atomic E-state index is 0. The molecule has 0 aliphatic heterocycles. The predicted molar refractivity (Wildman–Crippen MR) is 46.3 cm³/mol. The summed E-state index contributed by atoms with van der Waals surface area (Å²) in [5.74, 6) is 0.972. The molecular formula is C5H8Br2N2. The molecule has 0 unspecified atom stereocenters. The molecule has 0 saturated carbocycles. The Morgan fingerprint density at radius 2 is 2.44 bits per heavy atom. The van der Waals surface area contributed by atoms with Gasteiger partial charge in [0.15, 0.2) is 0 Å².